The van der Waals surface area contributed by atoms with Crippen molar-refractivity contribution in [1.82, 2.24) is 24.3 Å². The molecule has 0 aliphatic heterocycles. The molecule has 0 saturated heterocycles. The number of hydrogen-bond donors (Lipinski definition) is 1. The van der Waals surface area contributed by atoms with Crippen molar-refractivity contribution >= 4 is 22.8 Å². The second-order valence-electron chi connectivity index (χ2n) is 5.83. The Morgan fingerprint density at radius 1 is 1.15 bits per heavy atom. The van der Waals surface area contributed by atoms with Crippen LogP contribution >= 0.6 is 11.8 Å². The van der Waals surface area contributed by atoms with Gasteiger partial charge in [-0.2, -0.15) is 0 Å². The number of imidazole rings is 1. The SMILES string of the molecule is CCn1c(SCCCn2c(=O)[nH]c3ccccc32)nnc1-c1ccco1. The van der Waals surface area contributed by atoms with Crippen LogP contribution in [0.15, 0.2) is 57.0 Å². The molecule has 0 aliphatic carbocycles. The number of aryl methyl sites for hydroxylation is 1. The van der Waals surface area contributed by atoms with E-state index in [2.05, 4.69) is 22.1 Å². The van der Waals surface area contributed by atoms with Gasteiger partial charge < -0.3 is 9.40 Å². The van der Waals surface area contributed by atoms with Crippen molar-refractivity contribution in [2.24, 2.45) is 0 Å². The van der Waals surface area contributed by atoms with Gasteiger partial charge >= 0.3 is 5.69 Å². The average molecular weight is 369 g/mol. The van der Waals surface area contributed by atoms with Gasteiger partial charge in [-0.05, 0) is 37.6 Å². The first-order valence-electron chi connectivity index (χ1n) is 8.55. The van der Waals surface area contributed by atoms with Crippen LogP contribution in [0.4, 0.5) is 0 Å². The van der Waals surface area contributed by atoms with Gasteiger partial charge in [-0.25, -0.2) is 4.79 Å². The van der Waals surface area contributed by atoms with Crippen molar-refractivity contribution in [2.45, 2.75) is 31.6 Å². The number of thioether (sulfide) groups is 1. The Balaban J connectivity index is 1.42. The molecule has 0 saturated carbocycles. The highest BCUT2D eigenvalue weighted by Crippen LogP contribution is 2.24. The van der Waals surface area contributed by atoms with Gasteiger partial charge in [0.25, 0.3) is 0 Å². The molecule has 26 heavy (non-hydrogen) atoms. The summed E-state index contributed by atoms with van der Waals surface area (Å²) in [4.78, 5) is 15.0. The van der Waals surface area contributed by atoms with E-state index in [4.69, 9.17) is 4.42 Å². The van der Waals surface area contributed by atoms with E-state index in [1.54, 1.807) is 22.6 Å². The maximum atomic E-state index is 12.1. The second kappa shape index (κ2) is 7.25. The normalized spacial score (nSPS) is 11.4. The van der Waals surface area contributed by atoms with Crippen LogP contribution in [0.2, 0.25) is 0 Å². The zero-order valence-electron chi connectivity index (χ0n) is 14.4. The lowest BCUT2D eigenvalue weighted by Crippen LogP contribution is -2.17. The van der Waals surface area contributed by atoms with Crippen molar-refractivity contribution in [3.05, 3.63) is 53.1 Å². The van der Waals surface area contributed by atoms with Crippen LogP contribution in [-0.4, -0.2) is 30.1 Å². The highest BCUT2D eigenvalue weighted by atomic mass is 32.2. The van der Waals surface area contributed by atoms with Crippen LogP contribution < -0.4 is 5.69 Å². The molecule has 1 aromatic carbocycles. The summed E-state index contributed by atoms with van der Waals surface area (Å²) < 4.78 is 9.26. The quantitative estimate of drug-likeness (QED) is 0.399. The fourth-order valence-electron chi connectivity index (χ4n) is 2.98. The first-order chi connectivity index (χ1) is 12.8. The maximum absolute atomic E-state index is 12.1. The summed E-state index contributed by atoms with van der Waals surface area (Å²) in [7, 11) is 0. The Morgan fingerprint density at radius 3 is 2.85 bits per heavy atom. The van der Waals surface area contributed by atoms with Gasteiger partial charge in [-0.15, -0.1) is 10.2 Å². The molecule has 0 aliphatic rings. The van der Waals surface area contributed by atoms with E-state index in [1.807, 2.05) is 41.0 Å². The van der Waals surface area contributed by atoms with E-state index in [0.29, 0.717) is 6.54 Å². The zero-order valence-corrected chi connectivity index (χ0v) is 15.2. The lowest BCUT2D eigenvalue weighted by atomic mass is 10.3. The molecule has 7 nitrogen and oxygen atoms in total. The molecule has 1 N–H and O–H groups in total. The Bertz CT molecular complexity index is 1060. The third kappa shape index (κ3) is 3.08. The Labute approximate surface area is 154 Å². The van der Waals surface area contributed by atoms with Gasteiger partial charge in [0.05, 0.1) is 17.3 Å². The van der Waals surface area contributed by atoms with Gasteiger partial charge in [0.15, 0.2) is 16.7 Å². The summed E-state index contributed by atoms with van der Waals surface area (Å²) in [6.07, 6.45) is 2.49. The van der Waals surface area contributed by atoms with Crippen molar-refractivity contribution < 1.29 is 4.42 Å². The van der Waals surface area contributed by atoms with E-state index in [-0.39, 0.29) is 5.69 Å². The predicted molar refractivity (Wildman–Crippen MR) is 101 cm³/mol. The lowest BCUT2D eigenvalue weighted by molar-refractivity contribution is 0.567. The minimum Gasteiger partial charge on any atom is -0.461 e. The molecular weight excluding hydrogens is 350 g/mol. The third-order valence-electron chi connectivity index (χ3n) is 4.21. The summed E-state index contributed by atoms with van der Waals surface area (Å²) in [5.74, 6) is 2.31. The largest absolute Gasteiger partial charge is 0.461 e. The Kier molecular flexibility index (Phi) is 4.66. The van der Waals surface area contributed by atoms with Crippen molar-refractivity contribution in [2.75, 3.05) is 5.75 Å². The molecule has 3 aromatic heterocycles. The number of fused-ring (bicyclic) bond motifs is 1. The Morgan fingerprint density at radius 2 is 2.04 bits per heavy atom. The monoisotopic (exact) mass is 369 g/mol. The van der Waals surface area contributed by atoms with E-state index < -0.39 is 0 Å². The van der Waals surface area contributed by atoms with Gasteiger partial charge in [0, 0.05) is 18.8 Å². The predicted octanol–water partition coefficient (Wildman–Crippen LogP) is 3.38. The molecule has 0 radical (unpaired) electrons. The molecule has 134 valence electrons. The fraction of sp³-hybridized carbons (Fsp3) is 0.278. The van der Waals surface area contributed by atoms with Crippen LogP contribution in [0.1, 0.15) is 13.3 Å². The average Bonchev–Trinajstić information content (AvgIpc) is 3.37. The smallest absolute Gasteiger partial charge is 0.326 e. The summed E-state index contributed by atoms with van der Waals surface area (Å²) >= 11 is 1.64. The topological polar surface area (TPSA) is 81.6 Å². The number of benzene rings is 1. The maximum Gasteiger partial charge on any atom is 0.326 e. The van der Waals surface area contributed by atoms with Crippen molar-refractivity contribution in [3.63, 3.8) is 0 Å². The minimum absolute atomic E-state index is 0.0620. The molecule has 0 bridgehead atoms. The molecule has 8 heteroatoms. The number of hydrogen-bond acceptors (Lipinski definition) is 5. The zero-order chi connectivity index (χ0) is 17.9. The Hall–Kier alpha value is -2.74. The number of furan rings is 1. The number of nitrogens with zero attached hydrogens (tertiary/aromatic N) is 4. The van der Waals surface area contributed by atoms with E-state index >= 15 is 0 Å². The van der Waals surface area contributed by atoms with Gasteiger partial charge in [0.1, 0.15) is 0 Å². The van der Waals surface area contributed by atoms with Crippen molar-refractivity contribution in [1.29, 1.82) is 0 Å². The number of H-pyrrole nitrogens is 1. The first kappa shape index (κ1) is 16.7. The van der Waals surface area contributed by atoms with E-state index in [1.165, 1.54) is 0 Å². The number of aromatic nitrogens is 5. The van der Waals surface area contributed by atoms with Crippen LogP contribution in [0.25, 0.3) is 22.6 Å². The fourth-order valence-corrected chi connectivity index (χ4v) is 3.91. The van der Waals surface area contributed by atoms with Crippen molar-refractivity contribution in [3.8, 4) is 11.6 Å². The molecule has 4 rings (SSSR count). The molecule has 0 unspecified atom stereocenters. The number of para-hydroxylation sites is 2. The van der Waals surface area contributed by atoms with E-state index in [9.17, 15) is 4.79 Å². The van der Waals surface area contributed by atoms with Gasteiger partial charge in [0.2, 0.25) is 0 Å². The molecular formula is C18H19N5O2S. The van der Waals surface area contributed by atoms with Gasteiger partial charge in [-0.1, -0.05) is 23.9 Å². The summed E-state index contributed by atoms with van der Waals surface area (Å²) in [6, 6.07) is 11.5. The molecule has 0 atom stereocenters. The number of rotatable bonds is 7. The summed E-state index contributed by atoms with van der Waals surface area (Å²) in [5, 5.41) is 9.40. The molecule has 0 spiro atoms. The molecule has 3 heterocycles. The molecule has 4 aromatic rings. The van der Waals surface area contributed by atoms with Crippen LogP contribution in [-0.2, 0) is 13.1 Å². The third-order valence-corrected chi connectivity index (χ3v) is 5.27. The molecule has 0 amide bonds. The summed E-state index contributed by atoms with van der Waals surface area (Å²) in [6.45, 7) is 3.50. The van der Waals surface area contributed by atoms with Crippen LogP contribution in [0.5, 0.6) is 0 Å². The molecule has 0 fully saturated rings. The highest BCUT2D eigenvalue weighted by molar-refractivity contribution is 7.99. The van der Waals surface area contributed by atoms with Crippen LogP contribution in [0, 0.1) is 0 Å². The number of nitrogens with one attached hydrogen (secondary N) is 1. The second-order valence-corrected chi connectivity index (χ2v) is 6.89. The standard InChI is InChI=1S/C18H19N5O2S/c1-2-22-16(15-9-5-11-25-15)20-21-18(22)26-12-6-10-23-14-8-4-3-7-13(14)19-17(23)24/h3-5,7-9,11H,2,6,10,12H2,1H3,(H,19,24). The van der Waals surface area contributed by atoms with Gasteiger partial charge in [-0.3, -0.25) is 9.13 Å². The first-order valence-corrected chi connectivity index (χ1v) is 9.54. The van der Waals surface area contributed by atoms with Crippen LogP contribution in [0.3, 0.4) is 0 Å². The summed E-state index contributed by atoms with van der Waals surface area (Å²) in [5.41, 5.74) is 1.76. The van der Waals surface area contributed by atoms with E-state index in [0.717, 1.165) is 46.5 Å². The number of aromatic amines is 1. The minimum atomic E-state index is -0.0620. The lowest BCUT2D eigenvalue weighted by Gasteiger charge is -2.06. The highest BCUT2D eigenvalue weighted by Gasteiger charge is 2.15.